The summed E-state index contributed by atoms with van der Waals surface area (Å²) in [4.78, 5) is 2.45. The molecule has 3 heteroatoms. The van der Waals surface area contributed by atoms with E-state index in [1.165, 1.54) is 40.8 Å². The molecule has 2 atom stereocenters. The topological polar surface area (TPSA) is 15.3 Å². The molecule has 0 radical (unpaired) electrons. The number of nitrogens with zero attached hydrogens (tertiary/aromatic N) is 1. The lowest BCUT2D eigenvalue weighted by Crippen LogP contribution is -2.39. The normalized spacial score (nSPS) is 22.8. The van der Waals surface area contributed by atoms with Gasteiger partial charge in [0.2, 0.25) is 0 Å². The average Bonchev–Trinajstić information content (AvgIpc) is 2.32. The summed E-state index contributed by atoms with van der Waals surface area (Å²) in [6.07, 6.45) is 2.68. The van der Waals surface area contributed by atoms with Gasteiger partial charge in [0.1, 0.15) is 0 Å². The third kappa shape index (κ3) is 3.60. The summed E-state index contributed by atoms with van der Waals surface area (Å²) in [6, 6.07) is 7.17. The quantitative estimate of drug-likeness (QED) is 0.829. The molecule has 1 aliphatic heterocycles. The van der Waals surface area contributed by atoms with Crippen LogP contribution in [0, 0.1) is 16.4 Å². The first kappa shape index (κ1) is 14.1. The average molecular weight is 358 g/mol. The van der Waals surface area contributed by atoms with Gasteiger partial charge in [-0.3, -0.25) is 0 Å². The number of rotatable bonds is 3. The van der Waals surface area contributed by atoms with Crippen LogP contribution in [0.4, 0.5) is 5.69 Å². The first-order valence-electron chi connectivity index (χ1n) is 6.77. The molecule has 2 nitrogen and oxygen atoms in total. The maximum Gasteiger partial charge on any atom is 0.0372 e. The zero-order chi connectivity index (χ0) is 13.1. The van der Waals surface area contributed by atoms with Gasteiger partial charge < -0.3 is 10.2 Å². The number of nitrogens with one attached hydrogen (secondary N) is 1. The van der Waals surface area contributed by atoms with Gasteiger partial charge in [-0.2, -0.15) is 0 Å². The molecule has 0 saturated carbocycles. The van der Waals surface area contributed by atoms with Gasteiger partial charge in [-0.05, 0) is 92.6 Å². The molecule has 18 heavy (non-hydrogen) atoms. The SMILES string of the molecule is Cc1cc(I)ccc1NC(C)C1CCCN(C)C1. The number of hydrogen-bond donors (Lipinski definition) is 1. The minimum atomic E-state index is 0.548. The second-order valence-electron chi connectivity index (χ2n) is 5.56. The number of piperidine rings is 1. The number of halogens is 1. The zero-order valence-electron chi connectivity index (χ0n) is 11.5. The Morgan fingerprint density at radius 2 is 2.22 bits per heavy atom. The van der Waals surface area contributed by atoms with E-state index in [-0.39, 0.29) is 0 Å². The number of hydrogen-bond acceptors (Lipinski definition) is 2. The first-order valence-corrected chi connectivity index (χ1v) is 7.85. The summed E-state index contributed by atoms with van der Waals surface area (Å²) >= 11 is 2.37. The lowest BCUT2D eigenvalue weighted by atomic mass is 9.91. The molecule has 0 bridgehead atoms. The van der Waals surface area contributed by atoms with Crippen molar-refractivity contribution in [3.63, 3.8) is 0 Å². The van der Waals surface area contributed by atoms with E-state index in [0.717, 1.165) is 5.92 Å². The van der Waals surface area contributed by atoms with Crippen LogP contribution in [0.25, 0.3) is 0 Å². The largest absolute Gasteiger partial charge is 0.382 e. The lowest BCUT2D eigenvalue weighted by Gasteiger charge is -2.34. The Bertz CT molecular complexity index is 405. The fourth-order valence-electron chi connectivity index (χ4n) is 2.77. The van der Waals surface area contributed by atoms with Gasteiger partial charge in [-0.1, -0.05) is 0 Å². The van der Waals surface area contributed by atoms with Crippen LogP contribution in [0.5, 0.6) is 0 Å². The second-order valence-corrected chi connectivity index (χ2v) is 6.80. The summed E-state index contributed by atoms with van der Waals surface area (Å²) in [5, 5.41) is 3.70. The molecule has 0 aromatic heterocycles. The number of benzene rings is 1. The van der Waals surface area contributed by atoms with Crippen LogP contribution in [0.2, 0.25) is 0 Å². The van der Waals surface area contributed by atoms with E-state index in [1.54, 1.807) is 0 Å². The highest BCUT2D eigenvalue weighted by Crippen LogP contribution is 2.24. The van der Waals surface area contributed by atoms with E-state index < -0.39 is 0 Å². The van der Waals surface area contributed by atoms with Crippen LogP contribution < -0.4 is 5.32 Å². The Morgan fingerprint density at radius 1 is 1.44 bits per heavy atom. The lowest BCUT2D eigenvalue weighted by molar-refractivity contribution is 0.197. The maximum absolute atomic E-state index is 3.70. The highest BCUT2D eigenvalue weighted by atomic mass is 127. The van der Waals surface area contributed by atoms with Crippen molar-refractivity contribution in [2.75, 3.05) is 25.5 Å². The zero-order valence-corrected chi connectivity index (χ0v) is 13.7. The summed E-state index contributed by atoms with van der Waals surface area (Å²) in [5.41, 5.74) is 2.63. The van der Waals surface area contributed by atoms with Gasteiger partial charge in [-0.15, -0.1) is 0 Å². The van der Waals surface area contributed by atoms with Gasteiger partial charge in [0.25, 0.3) is 0 Å². The van der Waals surface area contributed by atoms with Gasteiger partial charge in [0, 0.05) is 21.8 Å². The molecule has 1 heterocycles. The van der Waals surface area contributed by atoms with Crippen molar-refractivity contribution in [3.8, 4) is 0 Å². The molecule has 1 N–H and O–H groups in total. The molecule has 1 fully saturated rings. The Balaban J connectivity index is 1.99. The smallest absolute Gasteiger partial charge is 0.0372 e. The first-order chi connectivity index (χ1) is 8.56. The Kier molecular flexibility index (Phi) is 4.90. The summed E-state index contributed by atoms with van der Waals surface area (Å²) in [6.45, 7) is 6.98. The molecule has 1 aromatic carbocycles. The molecule has 2 unspecified atom stereocenters. The predicted molar refractivity (Wildman–Crippen MR) is 87.2 cm³/mol. The highest BCUT2D eigenvalue weighted by Gasteiger charge is 2.22. The molecule has 0 spiro atoms. The Labute approximate surface area is 124 Å². The second kappa shape index (κ2) is 6.24. The molecule has 2 rings (SSSR count). The standard InChI is InChI=1S/C15H23IN2/c1-11-9-14(16)6-7-15(11)17-12(2)13-5-4-8-18(3)10-13/h6-7,9,12-13,17H,4-5,8,10H2,1-3H3. The van der Waals surface area contributed by atoms with Crippen LogP contribution in [0.1, 0.15) is 25.3 Å². The third-order valence-corrected chi connectivity index (χ3v) is 4.61. The van der Waals surface area contributed by atoms with Crippen molar-refractivity contribution < 1.29 is 0 Å². The maximum atomic E-state index is 3.70. The monoisotopic (exact) mass is 358 g/mol. The minimum Gasteiger partial charge on any atom is -0.382 e. The summed E-state index contributed by atoms with van der Waals surface area (Å²) in [7, 11) is 2.23. The summed E-state index contributed by atoms with van der Waals surface area (Å²) in [5.74, 6) is 0.766. The van der Waals surface area contributed by atoms with Crippen molar-refractivity contribution >= 4 is 28.3 Å². The van der Waals surface area contributed by atoms with E-state index in [0.29, 0.717) is 6.04 Å². The highest BCUT2D eigenvalue weighted by molar-refractivity contribution is 14.1. The molecule has 1 aromatic rings. The van der Waals surface area contributed by atoms with Crippen LogP contribution >= 0.6 is 22.6 Å². The van der Waals surface area contributed by atoms with Crippen LogP contribution in [-0.2, 0) is 0 Å². The van der Waals surface area contributed by atoms with E-state index in [4.69, 9.17) is 0 Å². The van der Waals surface area contributed by atoms with Gasteiger partial charge in [-0.25, -0.2) is 0 Å². The predicted octanol–water partition coefficient (Wildman–Crippen LogP) is 3.74. The fraction of sp³-hybridized carbons (Fsp3) is 0.600. The van der Waals surface area contributed by atoms with Gasteiger partial charge in [0.15, 0.2) is 0 Å². The number of likely N-dealkylation sites (tertiary alicyclic amines) is 1. The molecule has 1 aliphatic rings. The van der Waals surface area contributed by atoms with Gasteiger partial charge >= 0.3 is 0 Å². The molecule has 1 saturated heterocycles. The van der Waals surface area contributed by atoms with Crippen LogP contribution in [-0.4, -0.2) is 31.1 Å². The van der Waals surface area contributed by atoms with Crippen LogP contribution in [0.15, 0.2) is 18.2 Å². The van der Waals surface area contributed by atoms with Gasteiger partial charge in [0.05, 0.1) is 0 Å². The van der Waals surface area contributed by atoms with E-state index >= 15 is 0 Å². The molecular formula is C15H23IN2. The van der Waals surface area contributed by atoms with Crippen molar-refractivity contribution in [1.29, 1.82) is 0 Å². The number of anilines is 1. The van der Waals surface area contributed by atoms with Crippen molar-refractivity contribution in [3.05, 3.63) is 27.3 Å². The molecule has 0 aliphatic carbocycles. The van der Waals surface area contributed by atoms with E-state index in [9.17, 15) is 0 Å². The molecule has 100 valence electrons. The fourth-order valence-corrected chi connectivity index (χ4v) is 3.41. The van der Waals surface area contributed by atoms with Crippen molar-refractivity contribution in [1.82, 2.24) is 4.90 Å². The Hall–Kier alpha value is -0.290. The summed E-state index contributed by atoms with van der Waals surface area (Å²) < 4.78 is 1.31. The molecular weight excluding hydrogens is 335 g/mol. The molecule has 0 amide bonds. The van der Waals surface area contributed by atoms with E-state index in [2.05, 4.69) is 71.9 Å². The van der Waals surface area contributed by atoms with Crippen molar-refractivity contribution in [2.45, 2.75) is 32.7 Å². The minimum absolute atomic E-state index is 0.548. The Morgan fingerprint density at radius 3 is 2.89 bits per heavy atom. The number of aryl methyl sites for hydroxylation is 1. The third-order valence-electron chi connectivity index (χ3n) is 3.94. The van der Waals surface area contributed by atoms with Crippen LogP contribution in [0.3, 0.4) is 0 Å². The van der Waals surface area contributed by atoms with Crippen molar-refractivity contribution in [2.24, 2.45) is 5.92 Å². The van der Waals surface area contributed by atoms with E-state index in [1.807, 2.05) is 0 Å².